The minimum Gasteiger partial charge on any atom is -0.455 e. The Balaban J connectivity index is 2.05. The van der Waals surface area contributed by atoms with Crippen molar-refractivity contribution in [1.29, 1.82) is 0 Å². The first-order chi connectivity index (χ1) is 13.6. The molecule has 0 saturated heterocycles. The van der Waals surface area contributed by atoms with Crippen LogP contribution in [0.15, 0.2) is 58.3 Å². The summed E-state index contributed by atoms with van der Waals surface area (Å²) in [7, 11) is -3.74. The molecule has 0 fully saturated rings. The van der Waals surface area contributed by atoms with Crippen LogP contribution in [0, 0.1) is 5.92 Å². The number of ether oxygens (including phenoxy) is 1. The van der Waals surface area contributed by atoms with Gasteiger partial charge in [0.1, 0.15) is 16.4 Å². The van der Waals surface area contributed by atoms with Crippen LogP contribution in [0.5, 0.6) is 11.5 Å². The van der Waals surface area contributed by atoms with Crippen LogP contribution >= 0.6 is 0 Å². The number of para-hydroxylation sites is 1. The molecule has 1 aromatic heterocycles. The van der Waals surface area contributed by atoms with Crippen LogP contribution in [0.3, 0.4) is 0 Å². The maximum absolute atomic E-state index is 13.6. The van der Waals surface area contributed by atoms with Crippen molar-refractivity contribution in [2.75, 3.05) is 5.75 Å². The molecule has 3 rings (SSSR count). The molecule has 0 unspecified atom stereocenters. The lowest BCUT2D eigenvalue weighted by Crippen LogP contribution is -2.13. The minimum atomic E-state index is -4.75. The van der Waals surface area contributed by atoms with Gasteiger partial charge in [-0.15, -0.1) is 0 Å². The van der Waals surface area contributed by atoms with E-state index in [-0.39, 0.29) is 33.7 Å². The first kappa shape index (κ1) is 20.8. The molecule has 0 bridgehead atoms. The topological polar surface area (TPSA) is 82.3 Å². The molecule has 0 aliphatic carbocycles. The predicted molar refractivity (Wildman–Crippen MR) is 98.1 cm³/mol. The number of alkyl halides is 3. The molecule has 0 spiro atoms. The number of aromatic nitrogens is 2. The van der Waals surface area contributed by atoms with Crippen LogP contribution in [0.4, 0.5) is 13.2 Å². The molecule has 0 N–H and O–H groups in total. The monoisotopic (exact) mass is 426 g/mol. The minimum absolute atomic E-state index is 0.0121. The fraction of sp³-hybridized carbons (Fsp3) is 0.263. The Morgan fingerprint density at radius 1 is 1.10 bits per heavy atom. The molecular weight excluding hydrogens is 409 g/mol. The van der Waals surface area contributed by atoms with Crippen molar-refractivity contribution >= 4 is 9.84 Å². The fourth-order valence-corrected chi connectivity index (χ4v) is 4.48. The summed E-state index contributed by atoms with van der Waals surface area (Å²) in [5.74, 6) is -1.03. The van der Waals surface area contributed by atoms with Crippen molar-refractivity contribution in [1.82, 2.24) is 10.1 Å². The Morgan fingerprint density at radius 3 is 2.45 bits per heavy atom. The van der Waals surface area contributed by atoms with Gasteiger partial charge in [-0.3, -0.25) is 0 Å². The van der Waals surface area contributed by atoms with Crippen LogP contribution < -0.4 is 4.74 Å². The third-order valence-corrected chi connectivity index (χ3v) is 5.97. The van der Waals surface area contributed by atoms with Gasteiger partial charge in [-0.2, -0.15) is 18.2 Å². The lowest BCUT2D eigenvalue weighted by molar-refractivity contribution is -0.138. The zero-order valence-electron chi connectivity index (χ0n) is 15.5. The van der Waals surface area contributed by atoms with E-state index in [1.54, 1.807) is 13.8 Å². The first-order valence-corrected chi connectivity index (χ1v) is 10.2. The van der Waals surface area contributed by atoms with E-state index in [0.717, 1.165) is 18.5 Å². The molecule has 0 aliphatic rings. The summed E-state index contributed by atoms with van der Waals surface area (Å²) < 4.78 is 76.1. The summed E-state index contributed by atoms with van der Waals surface area (Å²) in [6.07, 6.45) is -3.75. The molecule has 1 heterocycles. The van der Waals surface area contributed by atoms with Gasteiger partial charge in [0.15, 0.2) is 9.84 Å². The number of benzene rings is 2. The molecule has 2 aromatic carbocycles. The van der Waals surface area contributed by atoms with E-state index < -0.39 is 27.3 Å². The van der Waals surface area contributed by atoms with E-state index in [0.29, 0.717) is 0 Å². The van der Waals surface area contributed by atoms with Gasteiger partial charge in [-0.25, -0.2) is 8.42 Å². The van der Waals surface area contributed by atoms with E-state index in [1.165, 1.54) is 30.3 Å². The summed E-state index contributed by atoms with van der Waals surface area (Å²) in [6.45, 7) is 3.47. The van der Waals surface area contributed by atoms with Crippen molar-refractivity contribution < 1.29 is 30.8 Å². The largest absolute Gasteiger partial charge is 0.455 e. The van der Waals surface area contributed by atoms with Crippen LogP contribution in [-0.4, -0.2) is 24.3 Å². The molecule has 154 valence electrons. The summed E-state index contributed by atoms with van der Waals surface area (Å²) in [5, 5.41) is 3.52. The van der Waals surface area contributed by atoms with Gasteiger partial charge in [0.2, 0.25) is 12.2 Å². The fourth-order valence-electron chi connectivity index (χ4n) is 2.72. The number of nitrogens with zero attached hydrogens (tertiary/aromatic N) is 2. The molecule has 0 atom stereocenters. The second-order valence-electron chi connectivity index (χ2n) is 6.69. The smallest absolute Gasteiger partial charge is 0.420 e. The molecule has 0 saturated carbocycles. The molecule has 10 heteroatoms. The lowest BCUT2D eigenvalue weighted by atomic mass is 10.1. The van der Waals surface area contributed by atoms with Crippen molar-refractivity contribution in [3.05, 3.63) is 54.4 Å². The quantitative estimate of drug-likeness (QED) is 0.553. The predicted octanol–water partition coefficient (Wildman–Crippen LogP) is 4.98. The third kappa shape index (κ3) is 4.76. The number of hydrogen-bond acceptors (Lipinski definition) is 6. The highest BCUT2D eigenvalue weighted by Gasteiger charge is 2.36. The summed E-state index contributed by atoms with van der Waals surface area (Å²) in [5.41, 5.74) is -1.00. The number of hydrogen-bond donors (Lipinski definition) is 0. The molecule has 6 nitrogen and oxygen atoms in total. The van der Waals surface area contributed by atoms with E-state index in [1.807, 2.05) is 0 Å². The highest BCUT2D eigenvalue weighted by atomic mass is 32.2. The van der Waals surface area contributed by atoms with Gasteiger partial charge in [-0.05, 0) is 36.2 Å². The van der Waals surface area contributed by atoms with Crippen LogP contribution in [0.2, 0.25) is 0 Å². The second-order valence-corrected chi connectivity index (χ2v) is 8.69. The van der Waals surface area contributed by atoms with Gasteiger partial charge in [0.25, 0.3) is 0 Å². The molecule has 0 aliphatic heterocycles. The van der Waals surface area contributed by atoms with Crippen molar-refractivity contribution in [3.63, 3.8) is 0 Å². The maximum Gasteiger partial charge on any atom is 0.420 e. The second kappa shape index (κ2) is 7.86. The Kier molecular flexibility index (Phi) is 5.65. The molecular formula is C19H17F3N2O4S. The summed E-state index contributed by atoms with van der Waals surface area (Å²) in [6, 6.07) is 8.87. The Hall–Kier alpha value is -2.88. The van der Waals surface area contributed by atoms with Gasteiger partial charge in [0, 0.05) is 5.56 Å². The highest BCUT2D eigenvalue weighted by Crippen LogP contribution is 2.41. The summed E-state index contributed by atoms with van der Waals surface area (Å²) >= 11 is 0. The number of sulfone groups is 1. The average molecular weight is 426 g/mol. The zero-order valence-corrected chi connectivity index (χ0v) is 16.3. The Bertz CT molecular complexity index is 1090. The normalized spacial score (nSPS) is 12.3. The van der Waals surface area contributed by atoms with Gasteiger partial charge in [0.05, 0.1) is 11.3 Å². The highest BCUT2D eigenvalue weighted by molar-refractivity contribution is 7.91. The van der Waals surface area contributed by atoms with E-state index in [2.05, 4.69) is 14.7 Å². The molecule has 0 amide bonds. The lowest BCUT2D eigenvalue weighted by Gasteiger charge is -2.17. The van der Waals surface area contributed by atoms with Crippen molar-refractivity contribution in [2.24, 2.45) is 5.92 Å². The molecule has 3 aromatic rings. The average Bonchev–Trinajstić information content (AvgIpc) is 3.15. The van der Waals surface area contributed by atoms with Gasteiger partial charge in [-0.1, -0.05) is 31.1 Å². The van der Waals surface area contributed by atoms with Crippen molar-refractivity contribution in [3.8, 4) is 22.9 Å². The van der Waals surface area contributed by atoms with E-state index in [9.17, 15) is 21.6 Å². The molecule has 0 radical (unpaired) electrons. The summed E-state index contributed by atoms with van der Waals surface area (Å²) in [4.78, 5) is 3.57. The zero-order chi connectivity index (χ0) is 21.2. The SMILES string of the molecule is CC(C)CS(=O)(=O)c1ccccc1Oc1ccc(-c2ncon2)cc1C(F)(F)F. The standard InChI is InChI=1S/C19H17F3N2O4S/c1-12(2)10-29(25,26)17-6-4-3-5-16(17)28-15-8-7-13(18-23-11-27-24-18)9-14(15)19(20,21)22/h3-9,11-12H,10H2,1-2H3. The number of rotatable bonds is 6. The van der Waals surface area contributed by atoms with E-state index >= 15 is 0 Å². The van der Waals surface area contributed by atoms with Crippen LogP contribution in [0.1, 0.15) is 19.4 Å². The van der Waals surface area contributed by atoms with Crippen LogP contribution in [-0.2, 0) is 16.0 Å². The van der Waals surface area contributed by atoms with Gasteiger partial charge < -0.3 is 9.26 Å². The Labute approximate surface area is 165 Å². The van der Waals surface area contributed by atoms with Crippen LogP contribution in [0.25, 0.3) is 11.4 Å². The van der Waals surface area contributed by atoms with Gasteiger partial charge >= 0.3 is 6.18 Å². The number of halogens is 3. The third-order valence-electron chi connectivity index (χ3n) is 3.86. The first-order valence-electron chi connectivity index (χ1n) is 8.55. The van der Waals surface area contributed by atoms with E-state index in [4.69, 9.17) is 4.74 Å². The van der Waals surface area contributed by atoms with Crippen molar-refractivity contribution in [2.45, 2.75) is 24.9 Å². The maximum atomic E-state index is 13.6. The Morgan fingerprint density at radius 2 is 1.83 bits per heavy atom. The molecule has 29 heavy (non-hydrogen) atoms.